The molecule has 1 N–H and O–H groups in total. The molecule has 0 spiro atoms. The summed E-state index contributed by atoms with van der Waals surface area (Å²) < 4.78 is 5.08. The van der Waals surface area contributed by atoms with Crippen LogP contribution in [0.15, 0.2) is 36.8 Å². The van der Waals surface area contributed by atoms with Crippen LogP contribution in [0.1, 0.15) is 22.9 Å². The highest BCUT2D eigenvalue weighted by atomic mass is 16.5. The molecule has 2 rings (SSSR count). The number of hydrogen-bond acceptors (Lipinski definition) is 4. The Morgan fingerprint density at radius 3 is 2.88 bits per heavy atom. The van der Waals surface area contributed by atoms with Crippen LogP contribution in [0.25, 0.3) is 0 Å². The maximum atomic E-state index is 10.3. The molecular weight excluding hydrogens is 216 g/mol. The van der Waals surface area contributed by atoms with Gasteiger partial charge in [-0.3, -0.25) is 9.97 Å². The Hall–Kier alpha value is -1.94. The van der Waals surface area contributed by atoms with Crippen LogP contribution in [0.4, 0.5) is 0 Å². The Kier molecular flexibility index (Phi) is 3.35. The standard InChI is InChI=1S/C13H14N2O2/c1-9-12(4-3-5-15-9)13(16)10-6-11(17-2)8-14-7-10/h3-8,13,16H,1-2H3. The van der Waals surface area contributed by atoms with Crippen molar-refractivity contribution in [3.63, 3.8) is 0 Å². The minimum atomic E-state index is -0.730. The number of aliphatic hydroxyl groups excluding tert-OH is 1. The molecule has 0 amide bonds. The van der Waals surface area contributed by atoms with Gasteiger partial charge < -0.3 is 9.84 Å². The van der Waals surface area contributed by atoms with E-state index in [1.165, 1.54) is 0 Å². The van der Waals surface area contributed by atoms with Gasteiger partial charge in [0.05, 0.1) is 13.3 Å². The lowest BCUT2D eigenvalue weighted by Gasteiger charge is -2.13. The van der Waals surface area contributed by atoms with Gasteiger partial charge in [-0.05, 0) is 19.1 Å². The third-order valence-corrected chi connectivity index (χ3v) is 2.63. The largest absolute Gasteiger partial charge is 0.495 e. The SMILES string of the molecule is COc1cncc(C(O)c2cccnc2C)c1. The number of methoxy groups -OCH3 is 1. The van der Waals surface area contributed by atoms with E-state index in [1.54, 1.807) is 37.8 Å². The topological polar surface area (TPSA) is 55.2 Å². The van der Waals surface area contributed by atoms with Gasteiger partial charge in [-0.25, -0.2) is 0 Å². The third kappa shape index (κ3) is 2.42. The quantitative estimate of drug-likeness (QED) is 0.874. The van der Waals surface area contributed by atoms with Gasteiger partial charge in [-0.1, -0.05) is 6.07 Å². The van der Waals surface area contributed by atoms with Gasteiger partial charge in [-0.15, -0.1) is 0 Å². The summed E-state index contributed by atoms with van der Waals surface area (Å²) in [5, 5.41) is 10.3. The summed E-state index contributed by atoms with van der Waals surface area (Å²) in [4.78, 5) is 8.18. The van der Waals surface area contributed by atoms with Gasteiger partial charge in [0.2, 0.25) is 0 Å². The van der Waals surface area contributed by atoms with Crippen molar-refractivity contribution >= 4 is 0 Å². The monoisotopic (exact) mass is 230 g/mol. The first-order valence-corrected chi connectivity index (χ1v) is 5.31. The minimum Gasteiger partial charge on any atom is -0.495 e. The molecule has 0 aliphatic carbocycles. The number of aromatic nitrogens is 2. The molecule has 0 saturated heterocycles. The zero-order valence-corrected chi connectivity index (χ0v) is 9.79. The van der Waals surface area contributed by atoms with Crippen LogP contribution in [0.3, 0.4) is 0 Å². The first kappa shape index (κ1) is 11.5. The summed E-state index contributed by atoms with van der Waals surface area (Å²) in [5.74, 6) is 0.628. The molecule has 4 nitrogen and oxygen atoms in total. The smallest absolute Gasteiger partial charge is 0.137 e. The summed E-state index contributed by atoms with van der Waals surface area (Å²) in [7, 11) is 1.57. The highest BCUT2D eigenvalue weighted by Gasteiger charge is 2.14. The van der Waals surface area contributed by atoms with Crippen molar-refractivity contribution in [3.05, 3.63) is 53.6 Å². The summed E-state index contributed by atoms with van der Waals surface area (Å²) in [6.45, 7) is 1.87. The second kappa shape index (κ2) is 4.93. The average molecular weight is 230 g/mol. The van der Waals surface area contributed by atoms with E-state index in [4.69, 9.17) is 4.74 Å². The van der Waals surface area contributed by atoms with Gasteiger partial charge in [0.1, 0.15) is 11.9 Å². The van der Waals surface area contributed by atoms with Crippen LogP contribution >= 0.6 is 0 Å². The van der Waals surface area contributed by atoms with Crippen LogP contribution in [-0.2, 0) is 0 Å². The van der Waals surface area contributed by atoms with Crippen molar-refractivity contribution in [2.45, 2.75) is 13.0 Å². The molecule has 0 aliphatic heterocycles. The Labute approximate surface area is 99.9 Å². The van der Waals surface area contributed by atoms with Crippen LogP contribution < -0.4 is 4.74 Å². The number of hydrogen-bond donors (Lipinski definition) is 1. The third-order valence-electron chi connectivity index (χ3n) is 2.63. The second-order valence-corrected chi connectivity index (χ2v) is 3.74. The predicted molar refractivity (Wildman–Crippen MR) is 63.8 cm³/mol. The minimum absolute atomic E-state index is 0.628. The van der Waals surface area contributed by atoms with Crippen molar-refractivity contribution in [2.75, 3.05) is 7.11 Å². The van der Waals surface area contributed by atoms with E-state index in [2.05, 4.69) is 9.97 Å². The zero-order valence-electron chi connectivity index (χ0n) is 9.79. The number of nitrogens with zero attached hydrogens (tertiary/aromatic N) is 2. The summed E-state index contributed by atoms with van der Waals surface area (Å²) >= 11 is 0. The summed E-state index contributed by atoms with van der Waals surface area (Å²) in [5.41, 5.74) is 2.28. The number of pyridine rings is 2. The number of aryl methyl sites for hydroxylation is 1. The van der Waals surface area contributed by atoms with Gasteiger partial charge >= 0.3 is 0 Å². The zero-order chi connectivity index (χ0) is 12.3. The molecule has 17 heavy (non-hydrogen) atoms. The lowest BCUT2D eigenvalue weighted by Crippen LogP contribution is -2.04. The molecule has 0 aromatic carbocycles. The van der Waals surface area contributed by atoms with Crippen molar-refractivity contribution in [2.24, 2.45) is 0 Å². The average Bonchev–Trinajstić information content (AvgIpc) is 2.38. The van der Waals surface area contributed by atoms with Gasteiger partial charge in [0.25, 0.3) is 0 Å². The molecule has 0 saturated carbocycles. The Bertz CT molecular complexity index is 514. The van der Waals surface area contributed by atoms with Crippen LogP contribution in [0.2, 0.25) is 0 Å². The molecule has 1 atom stereocenters. The summed E-state index contributed by atoms with van der Waals surface area (Å²) in [6, 6.07) is 5.43. The van der Waals surface area contributed by atoms with E-state index in [0.29, 0.717) is 11.3 Å². The molecule has 2 heterocycles. The fraction of sp³-hybridized carbons (Fsp3) is 0.231. The molecule has 0 radical (unpaired) electrons. The van der Waals surface area contributed by atoms with Crippen LogP contribution in [-0.4, -0.2) is 22.2 Å². The van der Waals surface area contributed by atoms with Crippen molar-refractivity contribution in [1.29, 1.82) is 0 Å². The Balaban J connectivity index is 2.37. The molecule has 1 unspecified atom stereocenters. The highest BCUT2D eigenvalue weighted by molar-refractivity contribution is 5.33. The molecule has 0 aliphatic rings. The maximum Gasteiger partial charge on any atom is 0.137 e. The maximum absolute atomic E-state index is 10.3. The number of aliphatic hydroxyl groups is 1. The second-order valence-electron chi connectivity index (χ2n) is 3.74. The molecular formula is C13H14N2O2. The van der Waals surface area contributed by atoms with Crippen molar-refractivity contribution in [1.82, 2.24) is 9.97 Å². The Morgan fingerprint density at radius 1 is 1.35 bits per heavy atom. The van der Waals surface area contributed by atoms with Crippen molar-refractivity contribution in [3.8, 4) is 5.75 Å². The van der Waals surface area contributed by atoms with E-state index in [1.807, 2.05) is 13.0 Å². The summed E-state index contributed by atoms with van der Waals surface area (Å²) in [6.07, 6.45) is 4.20. The lowest BCUT2D eigenvalue weighted by atomic mass is 10.0. The normalized spacial score (nSPS) is 12.2. The van der Waals surface area contributed by atoms with E-state index < -0.39 is 6.10 Å². The first-order chi connectivity index (χ1) is 8.22. The first-order valence-electron chi connectivity index (χ1n) is 5.31. The molecule has 0 bridgehead atoms. The van der Waals surface area contributed by atoms with E-state index in [9.17, 15) is 5.11 Å². The lowest BCUT2D eigenvalue weighted by molar-refractivity contribution is 0.218. The van der Waals surface area contributed by atoms with Gasteiger partial charge in [-0.2, -0.15) is 0 Å². The fourth-order valence-corrected chi connectivity index (χ4v) is 1.66. The molecule has 88 valence electrons. The van der Waals surface area contributed by atoms with Gasteiger partial charge in [0.15, 0.2) is 0 Å². The molecule has 4 heteroatoms. The molecule has 2 aromatic rings. The Morgan fingerprint density at radius 2 is 2.18 bits per heavy atom. The van der Waals surface area contributed by atoms with Gasteiger partial charge in [0, 0.05) is 29.2 Å². The molecule has 2 aromatic heterocycles. The fourth-order valence-electron chi connectivity index (χ4n) is 1.66. The van der Waals surface area contributed by atoms with E-state index >= 15 is 0 Å². The van der Waals surface area contributed by atoms with Crippen molar-refractivity contribution < 1.29 is 9.84 Å². The van der Waals surface area contributed by atoms with E-state index in [0.717, 1.165) is 11.3 Å². The van der Waals surface area contributed by atoms with Crippen LogP contribution in [0.5, 0.6) is 5.75 Å². The highest BCUT2D eigenvalue weighted by Crippen LogP contribution is 2.25. The predicted octanol–water partition coefficient (Wildman–Crippen LogP) is 1.88. The van der Waals surface area contributed by atoms with E-state index in [-0.39, 0.29) is 0 Å². The molecule has 0 fully saturated rings. The van der Waals surface area contributed by atoms with Crippen LogP contribution in [0, 0.1) is 6.92 Å². The number of rotatable bonds is 3. The number of ether oxygens (including phenoxy) is 1.